The number of hydrogen-bond acceptors (Lipinski definition) is 3. The molecular weight excluding hydrogens is 231 g/mol. The van der Waals surface area contributed by atoms with E-state index in [2.05, 4.69) is 13.8 Å². The van der Waals surface area contributed by atoms with Crippen molar-refractivity contribution < 1.29 is 9.45 Å². The molecule has 0 aromatic heterocycles. The maximum absolute atomic E-state index is 11.9. The van der Waals surface area contributed by atoms with Crippen molar-refractivity contribution in [1.82, 2.24) is 0 Å². The lowest BCUT2D eigenvalue weighted by atomic mass is 9.62. The topological polar surface area (TPSA) is 26.3 Å². The molecule has 0 spiro atoms. The highest BCUT2D eigenvalue weighted by molar-refractivity contribution is 8.13. The SMILES string of the molecule is CCB(CC)OC(C)C(=O)Sc1ccccc1. The number of thioether (sulfide) groups is 1. The average molecular weight is 250 g/mol. The second-order valence-electron chi connectivity index (χ2n) is 3.95. The van der Waals surface area contributed by atoms with E-state index in [1.54, 1.807) is 0 Å². The van der Waals surface area contributed by atoms with Crippen LogP contribution in [0.2, 0.25) is 12.6 Å². The smallest absolute Gasteiger partial charge is 0.293 e. The molecule has 17 heavy (non-hydrogen) atoms. The first-order chi connectivity index (χ1) is 8.17. The van der Waals surface area contributed by atoms with Gasteiger partial charge in [0.05, 0.1) is 0 Å². The minimum absolute atomic E-state index is 0.0723. The second-order valence-corrected chi connectivity index (χ2v) is 5.03. The Morgan fingerprint density at radius 2 is 1.88 bits per heavy atom. The minimum Gasteiger partial charge on any atom is -0.426 e. The number of hydrogen-bond donors (Lipinski definition) is 0. The summed E-state index contributed by atoms with van der Waals surface area (Å²) in [4.78, 5) is 12.9. The molecule has 0 N–H and O–H groups in total. The van der Waals surface area contributed by atoms with Crippen LogP contribution in [0.15, 0.2) is 35.2 Å². The first-order valence-corrected chi connectivity index (χ1v) is 6.91. The van der Waals surface area contributed by atoms with E-state index in [9.17, 15) is 4.79 Å². The molecule has 0 aliphatic rings. The van der Waals surface area contributed by atoms with Gasteiger partial charge >= 0.3 is 0 Å². The third kappa shape index (κ3) is 4.96. The fourth-order valence-corrected chi connectivity index (χ4v) is 2.26. The Kier molecular flexibility index (Phi) is 6.37. The third-order valence-corrected chi connectivity index (χ3v) is 3.64. The molecule has 0 aliphatic carbocycles. The minimum atomic E-state index is -0.342. The summed E-state index contributed by atoms with van der Waals surface area (Å²) in [5.41, 5.74) is 0. The maximum atomic E-state index is 11.9. The molecule has 1 unspecified atom stereocenters. The second kappa shape index (κ2) is 7.56. The molecule has 4 heteroatoms. The monoisotopic (exact) mass is 250 g/mol. The van der Waals surface area contributed by atoms with E-state index in [1.165, 1.54) is 11.8 Å². The first-order valence-electron chi connectivity index (χ1n) is 6.09. The number of rotatable bonds is 6. The van der Waals surface area contributed by atoms with Crippen molar-refractivity contribution in [1.29, 1.82) is 0 Å². The average Bonchev–Trinajstić information content (AvgIpc) is 2.36. The van der Waals surface area contributed by atoms with Crippen molar-refractivity contribution in [3.63, 3.8) is 0 Å². The Morgan fingerprint density at radius 1 is 1.29 bits per heavy atom. The summed E-state index contributed by atoms with van der Waals surface area (Å²) in [6, 6.07) is 9.68. The van der Waals surface area contributed by atoms with Gasteiger partial charge in [-0.15, -0.1) is 0 Å². The lowest BCUT2D eigenvalue weighted by Gasteiger charge is -2.16. The van der Waals surface area contributed by atoms with Gasteiger partial charge < -0.3 is 4.65 Å². The molecule has 0 fully saturated rings. The number of benzene rings is 1. The number of carbonyl (C=O) groups excluding carboxylic acids is 1. The van der Waals surface area contributed by atoms with Crippen molar-refractivity contribution >= 4 is 23.8 Å². The van der Waals surface area contributed by atoms with Gasteiger partial charge in [-0.3, -0.25) is 4.79 Å². The van der Waals surface area contributed by atoms with Gasteiger partial charge in [0.1, 0.15) is 6.10 Å². The molecule has 0 saturated heterocycles. The highest BCUT2D eigenvalue weighted by Crippen LogP contribution is 2.21. The molecule has 0 bridgehead atoms. The lowest BCUT2D eigenvalue weighted by molar-refractivity contribution is -0.116. The summed E-state index contributed by atoms with van der Waals surface area (Å²) in [5, 5.41) is 0.0723. The molecule has 1 aromatic carbocycles. The molecule has 1 aromatic rings. The van der Waals surface area contributed by atoms with Crippen molar-refractivity contribution in [2.75, 3.05) is 0 Å². The van der Waals surface area contributed by atoms with E-state index in [0.29, 0.717) is 0 Å². The van der Waals surface area contributed by atoms with E-state index in [1.807, 2.05) is 37.3 Å². The zero-order valence-corrected chi connectivity index (χ0v) is 11.5. The lowest BCUT2D eigenvalue weighted by Crippen LogP contribution is -2.27. The predicted octanol–water partition coefficient (Wildman–Crippen LogP) is 3.74. The van der Waals surface area contributed by atoms with Crippen LogP contribution >= 0.6 is 11.8 Å². The summed E-state index contributed by atoms with van der Waals surface area (Å²) < 4.78 is 5.71. The molecule has 0 saturated carbocycles. The fourth-order valence-electron chi connectivity index (χ4n) is 1.51. The van der Waals surface area contributed by atoms with E-state index >= 15 is 0 Å². The van der Waals surface area contributed by atoms with E-state index in [-0.39, 0.29) is 18.1 Å². The van der Waals surface area contributed by atoms with Crippen LogP contribution in [0.1, 0.15) is 20.8 Å². The third-order valence-electron chi connectivity index (χ3n) is 2.60. The predicted molar refractivity (Wildman–Crippen MR) is 74.6 cm³/mol. The van der Waals surface area contributed by atoms with Crippen molar-refractivity contribution in [3.8, 4) is 0 Å². The zero-order chi connectivity index (χ0) is 12.7. The Labute approximate surface area is 108 Å². The molecule has 1 atom stereocenters. The summed E-state index contributed by atoms with van der Waals surface area (Å²) in [7, 11) is 0. The highest BCUT2D eigenvalue weighted by atomic mass is 32.2. The Hall–Kier alpha value is -0.735. The van der Waals surface area contributed by atoms with Crippen molar-refractivity contribution in [3.05, 3.63) is 30.3 Å². The van der Waals surface area contributed by atoms with Crippen LogP contribution in [0.5, 0.6) is 0 Å². The van der Waals surface area contributed by atoms with Crippen LogP contribution in [0.3, 0.4) is 0 Å². The number of carbonyl (C=O) groups is 1. The highest BCUT2D eigenvalue weighted by Gasteiger charge is 2.20. The van der Waals surface area contributed by atoms with E-state index < -0.39 is 0 Å². The normalized spacial score (nSPS) is 12.2. The summed E-state index contributed by atoms with van der Waals surface area (Å²) in [6.45, 7) is 6.17. The largest absolute Gasteiger partial charge is 0.426 e. The van der Waals surface area contributed by atoms with Crippen molar-refractivity contribution in [2.24, 2.45) is 0 Å². The van der Waals surface area contributed by atoms with Gasteiger partial charge in [0, 0.05) is 4.90 Å². The van der Waals surface area contributed by atoms with Crippen LogP contribution in [-0.4, -0.2) is 18.1 Å². The summed E-state index contributed by atoms with van der Waals surface area (Å²) >= 11 is 1.25. The van der Waals surface area contributed by atoms with Crippen LogP contribution in [0, 0.1) is 0 Å². The molecule has 2 nitrogen and oxygen atoms in total. The Bertz CT molecular complexity index is 339. The zero-order valence-electron chi connectivity index (χ0n) is 10.7. The van der Waals surface area contributed by atoms with Gasteiger partial charge in [-0.1, -0.05) is 44.7 Å². The van der Waals surface area contributed by atoms with Crippen molar-refractivity contribution in [2.45, 2.75) is 44.4 Å². The molecule has 92 valence electrons. The molecule has 0 aliphatic heterocycles. The van der Waals surface area contributed by atoms with Gasteiger partial charge in [0.15, 0.2) is 0 Å². The molecule has 0 heterocycles. The van der Waals surface area contributed by atoms with Crippen LogP contribution < -0.4 is 0 Å². The van der Waals surface area contributed by atoms with Gasteiger partial charge in [-0.2, -0.15) is 0 Å². The maximum Gasteiger partial charge on any atom is 0.293 e. The summed E-state index contributed by atoms with van der Waals surface area (Å²) in [6.07, 6.45) is 1.55. The van der Waals surface area contributed by atoms with Crippen LogP contribution in [0.25, 0.3) is 0 Å². The first kappa shape index (κ1) is 14.3. The molecular formula is C13H19BO2S. The van der Waals surface area contributed by atoms with E-state index in [4.69, 9.17) is 4.65 Å². The molecule has 1 rings (SSSR count). The van der Waals surface area contributed by atoms with Gasteiger partial charge in [-0.05, 0) is 30.8 Å². The molecule has 0 amide bonds. The Morgan fingerprint density at radius 3 is 2.41 bits per heavy atom. The van der Waals surface area contributed by atoms with Gasteiger partial charge in [-0.25, -0.2) is 0 Å². The van der Waals surface area contributed by atoms with E-state index in [0.717, 1.165) is 17.5 Å². The summed E-state index contributed by atoms with van der Waals surface area (Å²) in [5.74, 6) is 0. The standard InChI is InChI=1S/C13H19BO2S/c1-4-14(5-2)16-11(3)13(15)17-12-9-7-6-8-10-12/h6-11H,4-5H2,1-3H3. The van der Waals surface area contributed by atoms with Crippen LogP contribution in [0.4, 0.5) is 0 Å². The van der Waals surface area contributed by atoms with Crippen LogP contribution in [-0.2, 0) is 9.45 Å². The fraction of sp³-hybridized carbons (Fsp3) is 0.462. The van der Waals surface area contributed by atoms with Gasteiger partial charge in [0.2, 0.25) is 5.12 Å². The Balaban J connectivity index is 2.47. The quantitative estimate of drug-likeness (QED) is 0.568. The molecule has 0 radical (unpaired) electrons. The van der Waals surface area contributed by atoms with Gasteiger partial charge in [0.25, 0.3) is 6.92 Å².